The van der Waals surface area contributed by atoms with Gasteiger partial charge >= 0.3 is 0 Å². The molecular weight excluding hydrogens is 364 g/mol. The minimum Gasteiger partial charge on any atom is -0.489 e. The number of hydrogen-bond acceptors (Lipinski definition) is 4. The number of hydrogen-bond donors (Lipinski definition) is 1. The van der Waals surface area contributed by atoms with Crippen LogP contribution in [0.4, 0.5) is 11.4 Å². The Morgan fingerprint density at radius 3 is 2.37 bits per heavy atom. The molecule has 0 spiro atoms. The zero-order valence-electron chi connectivity index (χ0n) is 15.6. The van der Waals surface area contributed by atoms with Gasteiger partial charge in [-0.1, -0.05) is 0 Å². The molecule has 5 aliphatic rings. The number of rotatable bonds is 3. The highest BCUT2D eigenvalue weighted by atomic mass is 32.2. The van der Waals surface area contributed by atoms with Gasteiger partial charge in [0.05, 0.1) is 23.9 Å². The van der Waals surface area contributed by atoms with Crippen LogP contribution in [0.15, 0.2) is 18.2 Å². The number of sulfonamides is 1. The predicted molar refractivity (Wildman–Crippen MR) is 103 cm³/mol. The molecule has 0 radical (unpaired) electrons. The van der Waals surface area contributed by atoms with Crippen LogP contribution in [0.25, 0.3) is 0 Å². The minimum absolute atomic E-state index is 0.115. The van der Waals surface area contributed by atoms with Crippen molar-refractivity contribution in [3.05, 3.63) is 18.2 Å². The second-order valence-corrected chi connectivity index (χ2v) is 10.9. The second kappa shape index (κ2) is 5.87. The predicted octanol–water partition coefficient (Wildman–Crippen LogP) is 3.00. The average Bonchev–Trinajstić information content (AvgIpc) is 2.59. The largest absolute Gasteiger partial charge is 0.489 e. The van der Waals surface area contributed by atoms with Crippen LogP contribution in [0.2, 0.25) is 0 Å². The van der Waals surface area contributed by atoms with E-state index in [1.807, 2.05) is 6.07 Å². The molecule has 0 atom stereocenters. The van der Waals surface area contributed by atoms with E-state index in [1.54, 1.807) is 12.1 Å². The lowest BCUT2D eigenvalue weighted by Crippen LogP contribution is -2.51. The van der Waals surface area contributed by atoms with Gasteiger partial charge < -0.3 is 10.1 Å². The molecule has 0 unspecified atom stereocenters. The van der Waals surface area contributed by atoms with Crippen LogP contribution in [0.1, 0.15) is 38.5 Å². The summed E-state index contributed by atoms with van der Waals surface area (Å²) in [7, 11) is -3.38. The Labute approximate surface area is 160 Å². The van der Waals surface area contributed by atoms with Crippen LogP contribution in [0, 0.1) is 23.2 Å². The number of nitrogens with one attached hydrogen (secondary N) is 1. The number of nitrogens with zero attached hydrogens (tertiary/aromatic N) is 1. The molecule has 1 aliphatic heterocycles. The lowest BCUT2D eigenvalue weighted by molar-refractivity contribution is -0.140. The molecule has 6 rings (SSSR count). The number of anilines is 2. The SMILES string of the molecule is CS(=O)(=O)N1CCOc2ccc(NC(=O)C34CC5CC(CC(C5)C3)C4)cc21. The van der Waals surface area contributed by atoms with Gasteiger partial charge in [-0.05, 0) is 74.5 Å². The van der Waals surface area contributed by atoms with E-state index < -0.39 is 10.0 Å². The Bertz CT molecular complexity index is 860. The molecule has 4 bridgehead atoms. The van der Waals surface area contributed by atoms with Gasteiger partial charge in [0.1, 0.15) is 12.4 Å². The zero-order chi connectivity index (χ0) is 18.8. The van der Waals surface area contributed by atoms with E-state index in [4.69, 9.17) is 4.74 Å². The van der Waals surface area contributed by atoms with Crippen molar-refractivity contribution in [2.75, 3.05) is 29.0 Å². The van der Waals surface area contributed by atoms with Crippen LogP contribution in [-0.2, 0) is 14.8 Å². The third kappa shape index (κ3) is 2.91. The van der Waals surface area contributed by atoms with Crippen LogP contribution < -0.4 is 14.4 Å². The van der Waals surface area contributed by atoms with Gasteiger partial charge in [-0.25, -0.2) is 8.42 Å². The molecule has 1 aromatic carbocycles. The highest BCUT2D eigenvalue weighted by Gasteiger charge is 2.54. The average molecular weight is 391 g/mol. The Hall–Kier alpha value is -1.76. The van der Waals surface area contributed by atoms with Crippen LogP contribution in [0.5, 0.6) is 5.75 Å². The fourth-order valence-corrected chi connectivity index (χ4v) is 7.17. The normalized spacial score (nSPS) is 34.1. The zero-order valence-corrected chi connectivity index (χ0v) is 16.4. The van der Waals surface area contributed by atoms with E-state index in [1.165, 1.54) is 29.8 Å². The standard InChI is InChI=1S/C20H26N2O4S/c1-27(24,25)22-4-5-26-18-3-2-16(9-17(18)22)21-19(23)20-10-13-6-14(11-20)8-15(7-13)12-20/h2-3,9,13-15H,4-8,10-12H2,1H3,(H,21,23). The van der Waals surface area contributed by atoms with Gasteiger partial charge in [0.25, 0.3) is 0 Å². The molecule has 1 heterocycles. The summed E-state index contributed by atoms with van der Waals surface area (Å²) >= 11 is 0. The lowest BCUT2D eigenvalue weighted by atomic mass is 9.49. The smallest absolute Gasteiger partial charge is 0.232 e. The summed E-state index contributed by atoms with van der Waals surface area (Å²) < 4.78 is 31.1. The fraction of sp³-hybridized carbons (Fsp3) is 0.650. The van der Waals surface area contributed by atoms with Crippen molar-refractivity contribution >= 4 is 27.3 Å². The van der Waals surface area contributed by atoms with Gasteiger partial charge in [-0.15, -0.1) is 0 Å². The van der Waals surface area contributed by atoms with Gasteiger partial charge in [-0.2, -0.15) is 0 Å². The summed E-state index contributed by atoms with van der Waals surface area (Å²) in [6.45, 7) is 0.622. The number of carbonyl (C=O) groups excluding carboxylic acids is 1. The van der Waals surface area contributed by atoms with Crippen molar-refractivity contribution in [3.63, 3.8) is 0 Å². The molecule has 0 saturated heterocycles. The Morgan fingerprint density at radius 1 is 1.15 bits per heavy atom. The molecular formula is C20H26N2O4S. The van der Waals surface area contributed by atoms with Crippen molar-refractivity contribution in [2.45, 2.75) is 38.5 Å². The Kier molecular flexibility index (Phi) is 3.77. The van der Waals surface area contributed by atoms with Gasteiger partial charge in [-0.3, -0.25) is 9.10 Å². The minimum atomic E-state index is -3.38. The first-order chi connectivity index (χ1) is 12.8. The molecule has 0 aromatic heterocycles. The third-order valence-electron chi connectivity index (χ3n) is 6.96. The molecule has 27 heavy (non-hydrogen) atoms. The second-order valence-electron chi connectivity index (χ2n) is 9.02. The number of benzene rings is 1. The molecule has 4 fully saturated rings. The van der Waals surface area contributed by atoms with Crippen molar-refractivity contribution in [1.82, 2.24) is 0 Å². The maximum atomic E-state index is 13.2. The Morgan fingerprint density at radius 2 is 1.78 bits per heavy atom. The van der Waals surface area contributed by atoms with E-state index in [2.05, 4.69) is 5.32 Å². The van der Waals surface area contributed by atoms with E-state index in [-0.39, 0.29) is 17.9 Å². The first-order valence-electron chi connectivity index (χ1n) is 9.88. The highest BCUT2D eigenvalue weighted by molar-refractivity contribution is 7.92. The summed E-state index contributed by atoms with van der Waals surface area (Å²) in [5.74, 6) is 2.78. The summed E-state index contributed by atoms with van der Waals surface area (Å²) in [5.41, 5.74) is 0.929. The fourth-order valence-electron chi connectivity index (χ4n) is 6.27. The summed E-state index contributed by atoms with van der Waals surface area (Å²) in [6.07, 6.45) is 8.12. The van der Waals surface area contributed by atoms with Crippen LogP contribution in [-0.4, -0.2) is 33.7 Å². The van der Waals surface area contributed by atoms with E-state index in [0.29, 0.717) is 41.5 Å². The first kappa shape index (κ1) is 17.3. The molecule has 6 nitrogen and oxygen atoms in total. The molecule has 1 aromatic rings. The number of carbonyl (C=O) groups is 1. The summed E-state index contributed by atoms with van der Waals surface area (Å²) in [4.78, 5) is 13.2. The molecule has 4 aliphatic carbocycles. The quantitative estimate of drug-likeness (QED) is 0.861. The highest BCUT2D eigenvalue weighted by Crippen LogP contribution is 2.60. The molecule has 4 saturated carbocycles. The lowest BCUT2D eigenvalue weighted by Gasteiger charge is -2.55. The van der Waals surface area contributed by atoms with Gasteiger partial charge in [0, 0.05) is 5.69 Å². The van der Waals surface area contributed by atoms with Crippen LogP contribution >= 0.6 is 0 Å². The van der Waals surface area contributed by atoms with E-state index in [0.717, 1.165) is 19.3 Å². The molecule has 146 valence electrons. The topological polar surface area (TPSA) is 75.7 Å². The van der Waals surface area contributed by atoms with Crippen molar-refractivity contribution in [1.29, 1.82) is 0 Å². The van der Waals surface area contributed by atoms with Crippen molar-refractivity contribution in [3.8, 4) is 5.75 Å². The monoisotopic (exact) mass is 390 g/mol. The van der Waals surface area contributed by atoms with Crippen molar-refractivity contribution in [2.24, 2.45) is 23.2 Å². The first-order valence-corrected chi connectivity index (χ1v) is 11.7. The Balaban J connectivity index is 1.41. The molecule has 7 heteroatoms. The molecule has 1 N–H and O–H groups in total. The van der Waals surface area contributed by atoms with Gasteiger partial charge in [0.15, 0.2) is 0 Å². The maximum Gasteiger partial charge on any atom is 0.232 e. The molecule has 1 amide bonds. The number of fused-ring (bicyclic) bond motifs is 1. The third-order valence-corrected chi connectivity index (χ3v) is 8.14. The number of ether oxygens (including phenoxy) is 1. The number of amides is 1. The van der Waals surface area contributed by atoms with E-state index >= 15 is 0 Å². The van der Waals surface area contributed by atoms with E-state index in [9.17, 15) is 13.2 Å². The van der Waals surface area contributed by atoms with Gasteiger partial charge in [0.2, 0.25) is 15.9 Å². The van der Waals surface area contributed by atoms with Crippen LogP contribution in [0.3, 0.4) is 0 Å². The summed E-state index contributed by atoms with van der Waals surface area (Å²) in [5, 5.41) is 3.11. The maximum absolute atomic E-state index is 13.2. The summed E-state index contributed by atoms with van der Waals surface area (Å²) in [6, 6.07) is 5.29. The van der Waals surface area contributed by atoms with Crippen molar-refractivity contribution < 1.29 is 17.9 Å².